The number of carbonyl (C=O) groups excluding carboxylic acids is 1. The Morgan fingerprint density at radius 3 is 2.68 bits per heavy atom. The number of rotatable bonds is 6. The van der Waals surface area contributed by atoms with Gasteiger partial charge < -0.3 is 14.2 Å². The highest BCUT2D eigenvalue weighted by Crippen LogP contribution is 2.30. The Kier molecular flexibility index (Phi) is 6.77. The Morgan fingerprint density at radius 2 is 2.00 bits per heavy atom. The summed E-state index contributed by atoms with van der Waals surface area (Å²) < 4.78 is 18.5. The zero-order valence-corrected chi connectivity index (χ0v) is 19.4. The van der Waals surface area contributed by atoms with E-state index in [0.29, 0.717) is 24.0 Å². The van der Waals surface area contributed by atoms with Gasteiger partial charge in [-0.1, -0.05) is 19.9 Å². The summed E-state index contributed by atoms with van der Waals surface area (Å²) in [6.45, 7) is 4.76. The van der Waals surface area contributed by atoms with Crippen molar-refractivity contribution >= 4 is 56.5 Å². The summed E-state index contributed by atoms with van der Waals surface area (Å²) in [6, 6.07) is 11.2. The lowest BCUT2D eigenvalue weighted by Crippen LogP contribution is -2.06. The normalized spacial score (nSPS) is 15.0. The maximum Gasteiger partial charge on any atom is 0.363 e. The van der Waals surface area contributed by atoms with Gasteiger partial charge in [-0.15, -0.1) is 0 Å². The standard InChI is InChI=1S/C21H19BrINO4/c1-12(2)11-27-18-7-4-13(9-19(18)26-3)8-17-21(25)28-20(24-17)14-5-6-16(23)15(22)10-14/h4-10,12H,11H2,1-3H3/b17-8-. The van der Waals surface area contributed by atoms with Gasteiger partial charge in [-0.05, 0) is 86.4 Å². The zero-order valence-electron chi connectivity index (χ0n) is 15.7. The molecule has 28 heavy (non-hydrogen) atoms. The van der Waals surface area contributed by atoms with E-state index in [1.54, 1.807) is 13.2 Å². The lowest BCUT2D eigenvalue weighted by atomic mass is 10.1. The summed E-state index contributed by atoms with van der Waals surface area (Å²) in [6.07, 6.45) is 1.67. The van der Waals surface area contributed by atoms with Crippen LogP contribution < -0.4 is 9.47 Å². The lowest BCUT2D eigenvalue weighted by molar-refractivity contribution is -0.129. The number of hydrogen-bond acceptors (Lipinski definition) is 5. The van der Waals surface area contributed by atoms with Crippen LogP contribution in [0.5, 0.6) is 11.5 Å². The first-order chi connectivity index (χ1) is 13.4. The van der Waals surface area contributed by atoms with Gasteiger partial charge in [0.25, 0.3) is 0 Å². The molecule has 5 nitrogen and oxygen atoms in total. The first kappa shape index (κ1) is 20.9. The van der Waals surface area contributed by atoms with Gasteiger partial charge in [0.05, 0.1) is 13.7 Å². The van der Waals surface area contributed by atoms with Gasteiger partial charge in [0.1, 0.15) is 0 Å². The van der Waals surface area contributed by atoms with Gasteiger partial charge in [-0.2, -0.15) is 0 Å². The van der Waals surface area contributed by atoms with Crippen LogP contribution >= 0.6 is 38.5 Å². The number of carbonyl (C=O) groups is 1. The minimum atomic E-state index is -0.483. The molecular formula is C21H19BrINO4. The van der Waals surface area contributed by atoms with E-state index in [4.69, 9.17) is 14.2 Å². The number of cyclic esters (lactones) is 1. The molecule has 0 fully saturated rings. The van der Waals surface area contributed by atoms with E-state index in [0.717, 1.165) is 19.2 Å². The summed E-state index contributed by atoms with van der Waals surface area (Å²) in [5.74, 6) is 1.49. The highest BCUT2D eigenvalue weighted by molar-refractivity contribution is 14.1. The molecular weight excluding hydrogens is 537 g/mol. The maximum absolute atomic E-state index is 12.2. The van der Waals surface area contributed by atoms with Crippen LogP contribution in [0, 0.1) is 9.49 Å². The highest BCUT2D eigenvalue weighted by atomic mass is 127. The van der Waals surface area contributed by atoms with Crippen LogP contribution in [0.15, 0.2) is 51.6 Å². The number of methoxy groups -OCH3 is 1. The van der Waals surface area contributed by atoms with Crippen LogP contribution in [0.3, 0.4) is 0 Å². The van der Waals surface area contributed by atoms with E-state index in [9.17, 15) is 4.79 Å². The molecule has 1 heterocycles. The SMILES string of the molecule is COc1cc(/C=C2\N=C(c3ccc(I)c(Br)c3)OC2=O)ccc1OCC(C)C. The molecule has 0 saturated heterocycles. The highest BCUT2D eigenvalue weighted by Gasteiger charge is 2.24. The van der Waals surface area contributed by atoms with E-state index in [2.05, 4.69) is 57.4 Å². The van der Waals surface area contributed by atoms with Crippen molar-refractivity contribution in [1.29, 1.82) is 0 Å². The van der Waals surface area contributed by atoms with Gasteiger partial charge in [-0.3, -0.25) is 0 Å². The second-order valence-electron chi connectivity index (χ2n) is 6.58. The first-order valence-corrected chi connectivity index (χ1v) is 10.5. The second kappa shape index (κ2) is 9.09. The fourth-order valence-corrected chi connectivity index (χ4v) is 3.18. The molecule has 7 heteroatoms. The van der Waals surface area contributed by atoms with Gasteiger partial charge in [0.2, 0.25) is 5.90 Å². The Balaban J connectivity index is 1.86. The van der Waals surface area contributed by atoms with Crippen LogP contribution in [-0.4, -0.2) is 25.6 Å². The van der Waals surface area contributed by atoms with Crippen molar-refractivity contribution < 1.29 is 19.0 Å². The Hall–Kier alpha value is -1.87. The van der Waals surface area contributed by atoms with Gasteiger partial charge in [-0.25, -0.2) is 9.79 Å². The van der Waals surface area contributed by atoms with Crippen LogP contribution in [-0.2, 0) is 9.53 Å². The Bertz CT molecular complexity index is 969. The molecule has 0 saturated carbocycles. The molecule has 0 N–H and O–H groups in total. The van der Waals surface area contributed by atoms with Crippen LogP contribution in [0.4, 0.5) is 0 Å². The van der Waals surface area contributed by atoms with Crippen LogP contribution in [0.2, 0.25) is 0 Å². The van der Waals surface area contributed by atoms with Crippen molar-refractivity contribution in [3.05, 3.63) is 61.3 Å². The predicted molar refractivity (Wildman–Crippen MR) is 121 cm³/mol. The minimum absolute atomic E-state index is 0.238. The summed E-state index contributed by atoms with van der Waals surface area (Å²) in [4.78, 5) is 16.6. The van der Waals surface area contributed by atoms with Gasteiger partial charge in [0.15, 0.2) is 17.2 Å². The third-order valence-corrected chi connectivity index (χ3v) is 6.19. The zero-order chi connectivity index (χ0) is 20.3. The molecule has 2 aromatic carbocycles. The van der Waals surface area contributed by atoms with E-state index in [-0.39, 0.29) is 11.6 Å². The average Bonchev–Trinajstić information content (AvgIpc) is 3.03. The summed E-state index contributed by atoms with van der Waals surface area (Å²) in [7, 11) is 1.59. The number of halogens is 2. The summed E-state index contributed by atoms with van der Waals surface area (Å²) in [5, 5.41) is 0. The maximum atomic E-state index is 12.2. The second-order valence-corrected chi connectivity index (χ2v) is 8.60. The fourth-order valence-electron chi connectivity index (χ4n) is 2.47. The van der Waals surface area contributed by atoms with Crippen molar-refractivity contribution in [2.75, 3.05) is 13.7 Å². The third-order valence-electron chi connectivity index (χ3n) is 3.85. The minimum Gasteiger partial charge on any atom is -0.493 e. The van der Waals surface area contributed by atoms with Crippen molar-refractivity contribution in [2.24, 2.45) is 10.9 Å². The molecule has 0 aliphatic carbocycles. The number of hydrogen-bond donors (Lipinski definition) is 0. The monoisotopic (exact) mass is 555 g/mol. The van der Waals surface area contributed by atoms with E-state index >= 15 is 0 Å². The molecule has 0 unspecified atom stereocenters. The molecule has 0 bridgehead atoms. The van der Waals surface area contributed by atoms with Crippen LogP contribution in [0.1, 0.15) is 25.0 Å². The lowest BCUT2D eigenvalue weighted by Gasteiger charge is -2.12. The topological polar surface area (TPSA) is 57.1 Å². The molecule has 3 rings (SSSR count). The molecule has 0 atom stereocenters. The molecule has 0 aromatic heterocycles. The van der Waals surface area contributed by atoms with Gasteiger partial charge >= 0.3 is 5.97 Å². The number of ether oxygens (including phenoxy) is 3. The molecule has 0 radical (unpaired) electrons. The Labute approximate surface area is 186 Å². The van der Waals surface area contributed by atoms with Crippen molar-refractivity contribution in [3.8, 4) is 11.5 Å². The number of nitrogens with zero attached hydrogens (tertiary/aromatic N) is 1. The van der Waals surface area contributed by atoms with Crippen LogP contribution in [0.25, 0.3) is 6.08 Å². The third kappa shape index (κ3) is 4.94. The van der Waals surface area contributed by atoms with Crippen molar-refractivity contribution in [2.45, 2.75) is 13.8 Å². The molecule has 2 aromatic rings. The number of esters is 1. The van der Waals surface area contributed by atoms with Gasteiger partial charge in [0, 0.05) is 13.6 Å². The molecule has 0 spiro atoms. The number of aliphatic imine (C=N–C) groups is 1. The average molecular weight is 556 g/mol. The molecule has 1 aliphatic rings. The Morgan fingerprint density at radius 1 is 1.21 bits per heavy atom. The van der Waals surface area contributed by atoms with E-state index < -0.39 is 5.97 Å². The first-order valence-electron chi connectivity index (χ1n) is 8.66. The molecule has 1 aliphatic heterocycles. The quantitative estimate of drug-likeness (QED) is 0.270. The largest absolute Gasteiger partial charge is 0.493 e. The smallest absolute Gasteiger partial charge is 0.363 e. The summed E-state index contributed by atoms with van der Waals surface area (Å²) in [5.41, 5.74) is 1.75. The number of benzene rings is 2. The fraction of sp³-hybridized carbons (Fsp3) is 0.238. The van der Waals surface area contributed by atoms with E-state index in [1.165, 1.54) is 0 Å². The van der Waals surface area contributed by atoms with E-state index in [1.807, 2.05) is 36.4 Å². The predicted octanol–water partition coefficient (Wildman–Crippen LogP) is 5.44. The van der Waals surface area contributed by atoms with Crippen molar-refractivity contribution in [1.82, 2.24) is 0 Å². The van der Waals surface area contributed by atoms with Crippen molar-refractivity contribution in [3.63, 3.8) is 0 Å². The molecule has 0 amide bonds. The molecule has 146 valence electrons. The summed E-state index contributed by atoms with van der Waals surface area (Å²) >= 11 is 5.70.